The number of likely N-dealkylation sites (tertiary alicyclic amines) is 1. The molecule has 1 aliphatic rings. The SMILES string of the molecule is CC(=O)COC(=O)C1CCN(C(=O)Nc2ccccc2)CC1. The summed E-state index contributed by atoms with van der Waals surface area (Å²) in [4.78, 5) is 36.4. The van der Waals surface area contributed by atoms with Gasteiger partial charge >= 0.3 is 12.0 Å². The van der Waals surface area contributed by atoms with E-state index in [0.717, 1.165) is 5.69 Å². The van der Waals surface area contributed by atoms with Crippen LogP contribution in [0.1, 0.15) is 19.8 Å². The van der Waals surface area contributed by atoms with Crippen LogP contribution in [-0.2, 0) is 14.3 Å². The third-order valence-corrected chi connectivity index (χ3v) is 3.56. The Labute approximate surface area is 129 Å². The highest BCUT2D eigenvalue weighted by Gasteiger charge is 2.28. The Balaban J connectivity index is 1.78. The van der Waals surface area contributed by atoms with Crippen LogP contribution in [0.15, 0.2) is 30.3 Å². The fourth-order valence-electron chi connectivity index (χ4n) is 2.33. The van der Waals surface area contributed by atoms with Gasteiger partial charge in [-0.2, -0.15) is 0 Å². The Morgan fingerprint density at radius 1 is 1.18 bits per heavy atom. The van der Waals surface area contributed by atoms with Crippen molar-refractivity contribution in [3.8, 4) is 0 Å². The quantitative estimate of drug-likeness (QED) is 0.864. The number of carbonyl (C=O) groups excluding carboxylic acids is 3. The number of hydrogen-bond donors (Lipinski definition) is 1. The molecule has 0 atom stereocenters. The molecule has 118 valence electrons. The van der Waals surface area contributed by atoms with Gasteiger partial charge in [0.1, 0.15) is 6.61 Å². The predicted octanol–water partition coefficient (Wildman–Crippen LogP) is 2.06. The lowest BCUT2D eigenvalue weighted by atomic mass is 9.97. The largest absolute Gasteiger partial charge is 0.457 e. The van der Waals surface area contributed by atoms with Crippen molar-refractivity contribution < 1.29 is 19.1 Å². The average Bonchev–Trinajstić information content (AvgIpc) is 2.53. The van der Waals surface area contributed by atoms with E-state index in [1.54, 1.807) is 4.90 Å². The van der Waals surface area contributed by atoms with Crippen LogP contribution in [0.3, 0.4) is 0 Å². The van der Waals surface area contributed by atoms with Crippen LogP contribution < -0.4 is 5.32 Å². The molecule has 0 radical (unpaired) electrons. The molecule has 0 bridgehead atoms. The van der Waals surface area contributed by atoms with Crippen molar-refractivity contribution in [2.75, 3.05) is 25.0 Å². The number of esters is 1. The number of urea groups is 1. The molecule has 0 unspecified atom stereocenters. The molecule has 2 amide bonds. The third kappa shape index (κ3) is 4.58. The van der Waals surface area contributed by atoms with Crippen molar-refractivity contribution in [2.24, 2.45) is 5.92 Å². The smallest absolute Gasteiger partial charge is 0.321 e. The van der Waals surface area contributed by atoms with Gasteiger partial charge in [0.2, 0.25) is 0 Å². The van der Waals surface area contributed by atoms with Crippen LogP contribution in [0.25, 0.3) is 0 Å². The first-order valence-corrected chi connectivity index (χ1v) is 7.33. The minimum absolute atomic E-state index is 0.165. The van der Waals surface area contributed by atoms with Gasteiger partial charge in [0, 0.05) is 18.8 Å². The van der Waals surface area contributed by atoms with Crippen LogP contribution in [0, 0.1) is 5.92 Å². The van der Waals surface area contributed by atoms with Gasteiger partial charge in [-0.1, -0.05) is 18.2 Å². The van der Waals surface area contributed by atoms with Gasteiger partial charge in [0.15, 0.2) is 5.78 Å². The molecule has 6 nitrogen and oxygen atoms in total. The monoisotopic (exact) mass is 304 g/mol. The van der Waals surface area contributed by atoms with Crippen molar-refractivity contribution in [3.63, 3.8) is 0 Å². The summed E-state index contributed by atoms with van der Waals surface area (Å²) in [5.41, 5.74) is 0.746. The third-order valence-electron chi connectivity index (χ3n) is 3.56. The van der Waals surface area contributed by atoms with Crippen molar-refractivity contribution >= 4 is 23.5 Å². The molecule has 1 N–H and O–H groups in total. The lowest BCUT2D eigenvalue weighted by Crippen LogP contribution is -2.42. The Kier molecular flexibility index (Phi) is 5.52. The van der Waals surface area contributed by atoms with E-state index in [-0.39, 0.29) is 30.3 Å². The second kappa shape index (κ2) is 7.59. The Hall–Kier alpha value is -2.37. The van der Waals surface area contributed by atoms with E-state index in [1.165, 1.54) is 6.92 Å². The van der Waals surface area contributed by atoms with Crippen LogP contribution in [0.5, 0.6) is 0 Å². The molecule has 0 spiro atoms. The molecule has 6 heteroatoms. The summed E-state index contributed by atoms with van der Waals surface area (Å²) in [5.74, 6) is -0.758. The summed E-state index contributed by atoms with van der Waals surface area (Å²) in [5, 5.41) is 2.82. The lowest BCUT2D eigenvalue weighted by Gasteiger charge is -2.30. The number of benzene rings is 1. The molecule has 1 aromatic carbocycles. The van der Waals surface area contributed by atoms with Gasteiger partial charge in [-0.3, -0.25) is 9.59 Å². The first-order valence-electron chi connectivity index (χ1n) is 7.33. The standard InChI is InChI=1S/C16H20N2O4/c1-12(19)11-22-15(20)13-7-9-18(10-8-13)16(21)17-14-5-3-2-4-6-14/h2-6,13H,7-11H2,1H3,(H,17,21). The number of hydrogen-bond acceptors (Lipinski definition) is 4. The van der Waals surface area contributed by atoms with Gasteiger partial charge in [-0.15, -0.1) is 0 Å². The van der Waals surface area contributed by atoms with Crippen LogP contribution in [0.2, 0.25) is 0 Å². The molecule has 1 aromatic rings. The van der Waals surface area contributed by atoms with E-state index in [9.17, 15) is 14.4 Å². The van der Waals surface area contributed by atoms with E-state index in [0.29, 0.717) is 25.9 Å². The number of anilines is 1. The highest BCUT2D eigenvalue weighted by Crippen LogP contribution is 2.19. The maximum Gasteiger partial charge on any atom is 0.321 e. The molecule has 22 heavy (non-hydrogen) atoms. The highest BCUT2D eigenvalue weighted by molar-refractivity contribution is 5.89. The summed E-state index contributed by atoms with van der Waals surface area (Å²) < 4.78 is 4.93. The molecule has 1 heterocycles. The zero-order chi connectivity index (χ0) is 15.9. The number of Topliss-reactive ketones (excluding diaryl/α,β-unsaturated/α-hetero) is 1. The summed E-state index contributed by atoms with van der Waals surface area (Å²) in [6.45, 7) is 2.20. The number of rotatable bonds is 4. The normalized spacial score (nSPS) is 15.2. The first kappa shape index (κ1) is 16.0. The number of nitrogens with one attached hydrogen (secondary N) is 1. The summed E-state index contributed by atoms with van der Waals surface area (Å²) in [7, 11) is 0. The van der Waals surface area contributed by atoms with E-state index in [1.807, 2.05) is 30.3 Å². The second-order valence-electron chi connectivity index (χ2n) is 5.37. The van der Waals surface area contributed by atoms with Gasteiger partial charge in [-0.05, 0) is 31.9 Å². The van der Waals surface area contributed by atoms with Crippen LogP contribution in [0.4, 0.5) is 10.5 Å². The van der Waals surface area contributed by atoms with Crippen molar-refractivity contribution in [2.45, 2.75) is 19.8 Å². The van der Waals surface area contributed by atoms with Crippen molar-refractivity contribution in [1.82, 2.24) is 4.90 Å². The minimum atomic E-state index is -0.349. The number of carbonyl (C=O) groups is 3. The maximum atomic E-state index is 12.1. The van der Waals surface area contributed by atoms with Gasteiger partial charge in [0.25, 0.3) is 0 Å². The zero-order valence-corrected chi connectivity index (χ0v) is 12.6. The van der Waals surface area contributed by atoms with Gasteiger partial charge in [-0.25, -0.2) is 4.79 Å². The molecule has 0 saturated carbocycles. The number of ether oxygens (including phenoxy) is 1. The van der Waals surface area contributed by atoms with Crippen LogP contribution in [-0.4, -0.2) is 42.4 Å². The number of amides is 2. The molecule has 1 fully saturated rings. The fourth-order valence-corrected chi connectivity index (χ4v) is 2.33. The first-order chi connectivity index (χ1) is 10.6. The van der Waals surface area contributed by atoms with Crippen LogP contribution >= 0.6 is 0 Å². The molecule has 2 rings (SSSR count). The molecule has 1 aliphatic heterocycles. The van der Waals surface area contributed by atoms with E-state index >= 15 is 0 Å². The molecule has 0 aliphatic carbocycles. The molecular formula is C16H20N2O4. The van der Waals surface area contributed by atoms with E-state index < -0.39 is 0 Å². The Morgan fingerprint density at radius 2 is 1.82 bits per heavy atom. The van der Waals surface area contributed by atoms with Gasteiger partial charge < -0.3 is 15.0 Å². The number of para-hydroxylation sites is 1. The summed E-state index contributed by atoms with van der Waals surface area (Å²) >= 11 is 0. The summed E-state index contributed by atoms with van der Waals surface area (Å²) in [6.07, 6.45) is 1.11. The second-order valence-corrected chi connectivity index (χ2v) is 5.37. The molecule has 0 aromatic heterocycles. The Morgan fingerprint density at radius 3 is 2.41 bits per heavy atom. The number of nitrogens with zero attached hydrogens (tertiary/aromatic N) is 1. The average molecular weight is 304 g/mol. The topological polar surface area (TPSA) is 75.7 Å². The molecular weight excluding hydrogens is 284 g/mol. The van der Waals surface area contributed by atoms with Gasteiger partial charge in [0.05, 0.1) is 5.92 Å². The predicted molar refractivity (Wildman–Crippen MR) is 81.4 cm³/mol. The van der Waals surface area contributed by atoms with Crippen molar-refractivity contribution in [1.29, 1.82) is 0 Å². The minimum Gasteiger partial charge on any atom is -0.457 e. The van der Waals surface area contributed by atoms with E-state index in [4.69, 9.17) is 4.74 Å². The van der Waals surface area contributed by atoms with E-state index in [2.05, 4.69) is 5.32 Å². The number of ketones is 1. The highest BCUT2D eigenvalue weighted by atomic mass is 16.5. The Bertz CT molecular complexity index is 536. The number of piperidine rings is 1. The molecule has 1 saturated heterocycles. The summed E-state index contributed by atoms with van der Waals surface area (Å²) in [6, 6.07) is 9.07. The maximum absolute atomic E-state index is 12.1. The fraction of sp³-hybridized carbons (Fsp3) is 0.438. The van der Waals surface area contributed by atoms with Crippen molar-refractivity contribution in [3.05, 3.63) is 30.3 Å². The zero-order valence-electron chi connectivity index (χ0n) is 12.6. The lowest BCUT2D eigenvalue weighted by molar-refractivity contribution is -0.153.